The van der Waals surface area contributed by atoms with Crippen LogP contribution in [0.2, 0.25) is 0 Å². The molecule has 0 atom stereocenters. The number of aliphatic imine (C=N–C) groups is 1. The topological polar surface area (TPSA) is 83.3 Å². The molecule has 0 bridgehead atoms. The van der Waals surface area contributed by atoms with Crippen molar-refractivity contribution < 1.29 is 4.79 Å². The van der Waals surface area contributed by atoms with Gasteiger partial charge >= 0.3 is 0 Å². The summed E-state index contributed by atoms with van der Waals surface area (Å²) in [5.41, 5.74) is 1.86. The van der Waals surface area contributed by atoms with Crippen LogP contribution in [0.3, 0.4) is 0 Å². The van der Waals surface area contributed by atoms with Crippen molar-refractivity contribution in [3.05, 3.63) is 48.3 Å². The largest absolute Gasteiger partial charge is 0.354 e. The summed E-state index contributed by atoms with van der Waals surface area (Å²) in [7, 11) is 1.81. The predicted molar refractivity (Wildman–Crippen MR) is 137 cm³/mol. The molecule has 3 rings (SSSR count). The normalized spacial score (nSPS) is 18.9. The number of carbonyl (C=O) groups excluding carboxylic acids is 1. The number of amides is 1. The molecule has 3 N–H and O–H groups in total. The zero-order chi connectivity index (χ0) is 21.3. The van der Waals surface area contributed by atoms with E-state index in [1.54, 1.807) is 30.2 Å². The van der Waals surface area contributed by atoms with Crippen molar-refractivity contribution >= 4 is 41.5 Å². The van der Waals surface area contributed by atoms with Gasteiger partial charge in [-0.3, -0.25) is 14.5 Å². The van der Waals surface area contributed by atoms with Gasteiger partial charge < -0.3 is 16.0 Å². The van der Waals surface area contributed by atoms with E-state index in [0.717, 1.165) is 29.0 Å². The quantitative estimate of drug-likeness (QED) is 0.283. The molecular weight excluding hydrogens is 503 g/mol. The van der Waals surface area contributed by atoms with Gasteiger partial charge in [-0.25, -0.2) is 0 Å². The van der Waals surface area contributed by atoms with Gasteiger partial charge in [-0.15, -0.1) is 24.0 Å². The first-order valence-corrected chi connectivity index (χ1v) is 10.9. The van der Waals surface area contributed by atoms with Crippen molar-refractivity contribution in [2.75, 3.05) is 12.4 Å². The zero-order valence-corrected chi connectivity index (χ0v) is 21.0. The molecule has 0 aliphatic heterocycles. The van der Waals surface area contributed by atoms with Crippen molar-refractivity contribution in [1.82, 2.24) is 20.4 Å². The van der Waals surface area contributed by atoms with Crippen LogP contribution in [0.4, 0.5) is 5.69 Å². The summed E-state index contributed by atoms with van der Waals surface area (Å²) < 4.78 is 1.60. The maximum absolute atomic E-state index is 12.2. The van der Waals surface area contributed by atoms with Gasteiger partial charge in [-0.1, -0.05) is 26.0 Å². The van der Waals surface area contributed by atoms with E-state index in [1.165, 1.54) is 25.7 Å². The smallest absolute Gasteiger partial charge is 0.246 e. The molecule has 2 aromatic rings. The van der Waals surface area contributed by atoms with Gasteiger partial charge in [-0.2, -0.15) is 5.10 Å². The van der Waals surface area contributed by atoms with Crippen molar-refractivity contribution in [3.8, 4) is 0 Å². The number of hydrogen-bond acceptors (Lipinski definition) is 3. The summed E-state index contributed by atoms with van der Waals surface area (Å²) in [5, 5.41) is 13.9. The summed E-state index contributed by atoms with van der Waals surface area (Å²) in [6.45, 7) is 5.49. The summed E-state index contributed by atoms with van der Waals surface area (Å²) in [4.78, 5) is 16.6. The van der Waals surface area contributed by atoms with Crippen molar-refractivity contribution in [2.24, 2.45) is 16.8 Å². The number of nitrogens with zero attached hydrogens (tertiary/aromatic N) is 3. The number of halogens is 1. The Hall–Kier alpha value is -2.10. The number of anilines is 1. The average molecular weight is 538 g/mol. The standard InChI is InChI=1S/C23H34N6O.HI/c1-17(2)19-8-10-20(11-9-19)28-23(24-3)25-15-18-6-4-7-21(14-18)27-22(30)16-29-13-5-12-26-29;/h4-7,12-14,17,19-20H,8-11,15-16H2,1-3H3,(H,27,30)(H2,24,25,28);1H. The molecule has 7 nitrogen and oxygen atoms in total. The SMILES string of the molecule is CN=C(NCc1cccc(NC(=O)Cn2cccn2)c1)NC1CCC(C(C)C)CC1.I. The zero-order valence-electron chi connectivity index (χ0n) is 18.7. The molecular formula is C23H35IN6O. The van der Waals surface area contributed by atoms with E-state index in [9.17, 15) is 4.79 Å². The molecule has 170 valence electrons. The predicted octanol–water partition coefficient (Wildman–Crippen LogP) is 4.02. The highest BCUT2D eigenvalue weighted by Gasteiger charge is 2.23. The maximum Gasteiger partial charge on any atom is 0.246 e. The van der Waals surface area contributed by atoms with E-state index in [2.05, 4.69) is 39.9 Å². The van der Waals surface area contributed by atoms with Crippen LogP contribution in [-0.2, 0) is 17.9 Å². The first kappa shape index (κ1) is 25.2. The third kappa shape index (κ3) is 8.16. The molecule has 1 saturated carbocycles. The van der Waals surface area contributed by atoms with Crippen LogP contribution in [0.25, 0.3) is 0 Å². The molecule has 1 aromatic carbocycles. The molecule has 1 aliphatic carbocycles. The van der Waals surface area contributed by atoms with Gasteiger partial charge in [-0.05, 0) is 61.3 Å². The molecule has 0 unspecified atom stereocenters. The average Bonchev–Trinajstić information content (AvgIpc) is 3.24. The van der Waals surface area contributed by atoms with E-state index in [1.807, 2.05) is 24.3 Å². The fourth-order valence-electron chi connectivity index (χ4n) is 4.00. The highest BCUT2D eigenvalue weighted by molar-refractivity contribution is 14.0. The Morgan fingerprint density at radius 3 is 2.65 bits per heavy atom. The summed E-state index contributed by atoms with van der Waals surface area (Å²) >= 11 is 0. The van der Waals surface area contributed by atoms with E-state index in [4.69, 9.17) is 0 Å². The summed E-state index contributed by atoms with van der Waals surface area (Å²) in [5.74, 6) is 2.36. The third-order valence-electron chi connectivity index (χ3n) is 5.81. The van der Waals surface area contributed by atoms with Gasteiger partial charge in [0, 0.05) is 37.7 Å². The molecule has 0 radical (unpaired) electrons. The number of benzene rings is 1. The van der Waals surface area contributed by atoms with Crippen LogP contribution < -0.4 is 16.0 Å². The number of rotatable bonds is 7. The lowest BCUT2D eigenvalue weighted by Gasteiger charge is -2.32. The van der Waals surface area contributed by atoms with Crippen molar-refractivity contribution in [3.63, 3.8) is 0 Å². The lowest BCUT2D eigenvalue weighted by Crippen LogP contribution is -2.44. The van der Waals surface area contributed by atoms with Gasteiger partial charge in [0.1, 0.15) is 6.54 Å². The van der Waals surface area contributed by atoms with Gasteiger partial charge in [0.2, 0.25) is 5.91 Å². The van der Waals surface area contributed by atoms with Crippen LogP contribution in [-0.4, -0.2) is 34.7 Å². The second kappa shape index (κ2) is 12.7. The third-order valence-corrected chi connectivity index (χ3v) is 5.81. The molecule has 0 spiro atoms. The fraction of sp³-hybridized carbons (Fsp3) is 0.522. The van der Waals surface area contributed by atoms with Crippen molar-refractivity contribution in [1.29, 1.82) is 0 Å². The Balaban J connectivity index is 0.00000341. The van der Waals surface area contributed by atoms with E-state index < -0.39 is 0 Å². The Morgan fingerprint density at radius 2 is 2.00 bits per heavy atom. The summed E-state index contributed by atoms with van der Waals surface area (Å²) in [6, 6.07) is 10.1. The minimum Gasteiger partial charge on any atom is -0.354 e. The Bertz CT molecular complexity index is 828. The maximum atomic E-state index is 12.2. The number of guanidine groups is 1. The van der Waals surface area contributed by atoms with E-state index >= 15 is 0 Å². The first-order valence-electron chi connectivity index (χ1n) is 10.9. The lowest BCUT2D eigenvalue weighted by molar-refractivity contribution is -0.116. The van der Waals surface area contributed by atoms with Gasteiger partial charge in [0.05, 0.1) is 0 Å². The molecule has 1 aromatic heterocycles. The van der Waals surface area contributed by atoms with Crippen LogP contribution in [0, 0.1) is 11.8 Å². The Labute approximate surface area is 202 Å². The molecule has 8 heteroatoms. The molecule has 1 heterocycles. The minimum absolute atomic E-state index is 0. The molecule has 1 amide bonds. The van der Waals surface area contributed by atoms with Crippen LogP contribution in [0.1, 0.15) is 45.1 Å². The Morgan fingerprint density at radius 1 is 1.23 bits per heavy atom. The lowest BCUT2D eigenvalue weighted by atomic mass is 9.80. The number of carbonyl (C=O) groups is 1. The number of nitrogens with one attached hydrogen (secondary N) is 3. The highest BCUT2D eigenvalue weighted by atomic mass is 127. The van der Waals surface area contributed by atoms with Crippen molar-refractivity contribution in [2.45, 2.75) is 58.7 Å². The van der Waals surface area contributed by atoms with Crippen LogP contribution in [0.5, 0.6) is 0 Å². The second-order valence-corrected chi connectivity index (χ2v) is 8.38. The number of aromatic nitrogens is 2. The molecule has 1 fully saturated rings. The molecule has 0 saturated heterocycles. The van der Waals surface area contributed by atoms with Gasteiger partial charge in [0.15, 0.2) is 5.96 Å². The fourth-order valence-corrected chi connectivity index (χ4v) is 4.00. The van der Waals surface area contributed by atoms with E-state index in [-0.39, 0.29) is 36.4 Å². The molecule has 31 heavy (non-hydrogen) atoms. The first-order chi connectivity index (χ1) is 14.5. The van der Waals surface area contributed by atoms with Crippen LogP contribution in [0.15, 0.2) is 47.7 Å². The summed E-state index contributed by atoms with van der Waals surface area (Å²) in [6.07, 6.45) is 8.39. The molecule has 1 aliphatic rings. The minimum atomic E-state index is -0.0988. The van der Waals surface area contributed by atoms with Crippen LogP contribution >= 0.6 is 24.0 Å². The van der Waals surface area contributed by atoms with Gasteiger partial charge in [0.25, 0.3) is 0 Å². The second-order valence-electron chi connectivity index (χ2n) is 8.38. The highest BCUT2D eigenvalue weighted by Crippen LogP contribution is 2.29. The Kier molecular flexibility index (Phi) is 10.3. The number of hydrogen-bond donors (Lipinski definition) is 3. The monoisotopic (exact) mass is 538 g/mol. The van der Waals surface area contributed by atoms with E-state index in [0.29, 0.717) is 12.6 Å².